The van der Waals surface area contributed by atoms with Crippen LogP contribution in [0.5, 0.6) is 0 Å². The smallest absolute Gasteiger partial charge is 0.306 e. The van der Waals surface area contributed by atoms with E-state index in [4.69, 9.17) is 9.26 Å². The van der Waals surface area contributed by atoms with Gasteiger partial charge in [-0.1, -0.05) is 19.0 Å². The summed E-state index contributed by atoms with van der Waals surface area (Å²) in [6.45, 7) is 4.06. The van der Waals surface area contributed by atoms with Gasteiger partial charge in [-0.3, -0.25) is 4.79 Å². The van der Waals surface area contributed by atoms with E-state index in [1.165, 1.54) is 19.2 Å². The minimum Gasteiger partial charge on any atom is -0.456 e. The molecule has 0 bridgehead atoms. The Kier molecular flexibility index (Phi) is 7.64. The first kappa shape index (κ1) is 22.0. The number of esters is 1. The Balaban J connectivity index is 1.75. The maximum Gasteiger partial charge on any atom is 0.306 e. The lowest BCUT2D eigenvalue weighted by Crippen LogP contribution is -2.28. The van der Waals surface area contributed by atoms with Crippen molar-refractivity contribution >= 4 is 16.0 Å². The van der Waals surface area contributed by atoms with E-state index >= 15 is 0 Å². The van der Waals surface area contributed by atoms with E-state index in [2.05, 4.69) is 10.1 Å². The highest BCUT2D eigenvalue weighted by Gasteiger charge is 2.20. The molecule has 0 aliphatic heterocycles. The number of sulfonamides is 1. The summed E-state index contributed by atoms with van der Waals surface area (Å²) in [5.74, 6) is 0.169. The van der Waals surface area contributed by atoms with Crippen molar-refractivity contribution in [1.29, 1.82) is 0 Å². The minimum atomic E-state index is -3.73. The zero-order valence-electron chi connectivity index (χ0n) is 16.1. The third-order valence-electron chi connectivity index (χ3n) is 3.83. The fourth-order valence-electron chi connectivity index (χ4n) is 2.36. The maximum atomic E-state index is 12.9. The maximum absolute atomic E-state index is 12.9. The predicted molar refractivity (Wildman–Crippen MR) is 98.1 cm³/mol. The summed E-state index contributed by atoms with van der Waals surface area (Å²) in [5.41, 5.74) is 0. The van der Waals surface area contributed by atoms with Crippen molar-refractivity contribution in [3.8, 4) is 0 Å². The summed E-state index contributed by atoms with van der Waals surface area (Å²) in [6.07, 6.45) is 0.987. The first-order chi connectivity index (χ1) is 13.2. The fourth-order valence-corrected chi connectivity index (χ4v) is 3.57. The number of ether oxygens (including phenoxy) is 1. The molecule has 2 rings (SSSR count). The van der Waals surface area contributed by atoms with Crippen molar-refractivity contribution in [2.75, 3.05) is 13.6 Å². The van der Waals surface area contributed by atoms with Crippen molar-refractivity contribution in [3.05, 3.63) is 41.8 Å². The first-order valence-corrected chi connectivity index (χ1v) is 10.3. The van der Waals surface area contributed by atoms with Gasteiger partial charge in [-0.2, -0.15) is 4.98 Å². The highest BCUT2D eigenvalue weighted by atomic mass is 32.2. The predicted octanol–water partition coefficient (Wildman–Crippen LogP) is 2.55. The molecule has 1 heterocycles. The molecule has 0 spiro atoms. The SMILES string of the molecule is CC(C)Cc1noc(COC(=O)CCCN(C)S(=O)(=O)c2ccc(F)cc2)n1. The molecule has 0 atom stereocenters. The topological polar surface area (TPSA) is 103 Å². The molecule has 1 aromatic carbocycles. The third-order valence-corrected chi connectivity index (χ3v) is 5.70. The Hall–Kier alpha value is -2.33. The lowest BCUT2D eigenvalue weighted by atomic mass is 10.1. The van der Waals surface area contributed by atoms with Crippen LogP contribution in [0, 0.1) is 11.7 Å². The van der Waals surface area contributed by atoms with E-state index in [0.29, 0.717) is 18.2 Å². The first-order valence-electron chi connectivity index (χ1n) is 8.87. The molecule has 0 aliphatic rings. The molecule has 0 amide bonds. The molecule has 10 heteroatoms. The van der Waals surface area contributed by atoms with Gasteiger partial charge in [0.1, 0.15) is 5.82 Å². The second kappa shape index (κ2) is 9.74. The summed E-state index contributed by atoms with van der Waals surface area (Å²) >= 11 is 0. The van der Waals surface area contributed by atoms with Crippen LogP contribution in [0.1, 0.15) is 38.4 Å². The number of hydrogen-bond donors (Lipinski definition) is 0. The van der Waals surface area contributed by atoms with Gasteiger partial charge in [0.15, 0.2) is 12.4 Å². The molecule has 8 nitrogen and oxygen atoms in total. The summed E-state index contributed by atoms with van der Waals surface area (Å²) in [6, 6.07) is 4.57. The van der Waals surface area contributed by atoms with Gasteiger partial charge in [-0.05, 0) is 36.6 Å². The molecule has 0 aliphatic carbocycles. The van der Waals surface area contributed by atoms with Crippen molar-refractivity contribution in [2.24, 2.45) is 5.92 Å². The summed E-state index contributed by atoms with van der Waals surface area (Å²) < 4.78 is 48.9. The van der Waals surface area contributed by atoms with Crippen LogP contribution >= 0.6 is 0 Å². The zero-order chi connectivity index (χ0) is 20.7. The quantitative estimate of drug-likeness (QED) is 0.552. The fraction of sp³-hybridized carbons (Fsp3) is 0.500. The minimum absolute atomic E-state index is 0.00688. The Morgan fingerprint density at radius 1 is 1.29 bits per heavy atom. The number of halogens is 1. The van der Waals surface area contributed by atoms with Crippen LogP contribution in [0.2, 0.25) is 0 Å². The lowest BCUT2D eigenvalue weighted by Gasteiger charge is -2.16. The van der Waals surface area contributed by atoms with Gasteiger partial charge >= 0.3 is 5.97 Å². The van der Waals surface area contributed by atoms with Crippen LogP contribution in [0.15, 0.2) is 33.7 Å². The largest absolute Gasteiger partial charge is 0.456 e. The number of carbonyl (C=O) groups is 1. The molecule has 1 aromatic heterocycles. The zero-order valence-corrected chi connectivity index (χ0v) is 16.9. The Bertz CT molecular complexity index is 881. The number of nitrogens with zero attached hydrogens (tertiary/aromatic N) is 3. The van der Waals surface area contributed by atoms with E-state index in [0.717, 1.165) is 16.4 Å². The number of hydrogen-bond acceptors (Lipinski definition) is 7. The van der Waals surface area contributed by atoms with Gasteiger partial charge in [0.2, 0.25) is 10.0 Å². The summed E-state index contributed by atoms with van der Waals surface area (Å²) in [5, 5.41) is 3.81. The number of rotatable bonds is 10. The average molecular weight is 413 g/mol. The molecule has 0 fully saturated rings. The summed E-state index contributed by atoms with van der Waals surface area (Å²) in [7, 11) is -2.33. The number of aromatic nitrogens is 2. The van der Waals surface area contributed by atoms with Gasteiger partial charge < -0.3 is 9.26 Å². The third kappa shape index (κ3) is 6.38. The molecule has 0 unspecified atom stereocenters. The summed E-state index contributed by atoms with van der Waals surface area (Å²) in [4.78, 5) is 15.9. The standard InChI is InChI=1S/C18H24FN3O5S/c1-13(2)11-16-20-17(27-21-16)12-26-18(23)5-4-10-22(3)28(24,25)15-8-6-14(19)7-9-15/h6-9,13H,4-5,10-12H2,1-3H3. The van der Waals surface area contributed by atoms with E-state index in [1.54, 1.807) is 0 Å². The molecular weight excluding hydrogens is 389 g/mol. The molecular formula is C18H24FN3O5S. The van der Waals surface area contributed by atoms with Crippen molar-refractivity contribution < 1.29 is 26.9 Å². The molecule has 28 heavy (non-hydrogen) atoms. The van der Waals surface area contributed by atoms with E-state index in [1.807, 2.05) is 13.8 Å². The van der Waals surface area contributed by atoms with Crippen LogP contribution in [0.25, 0.3) is 0 Å². The van der Waals surface area contributed by atoms with Crippen LogP contribution < -0.4 is 0 Å². The van der Waals surface area contributed by atoms with E-state index < -0.39 is 21.8 Å². The van der Waals surface area contributed by atoms with Crippen molar-refractivity contribution in [2.45, 2.75) is 44.6 Å². The van der Waals surface area contributed by atoms with Crippen LogP contribution in [-0.4, -0.2) is 42.4 Å². The van der Waals surface area contributed by atoms with Gasteiger partial charge in [-0.15, -0.1) is 0 Å². The molecule has 0 saturated heterocycles. The van der Waals surface area contributed by atoms with Gasteiger partial charge in [0.05, 0.1) is 4.90 Å². The second-order valence-corrected chi connectivity index (χ2v) is 8.79. The number of benzene rings is 1. The van der Waals surface area contributed by atoms with E-state index in [-0.39, 0.29) is 36.8 Å². The second-order valence-electron chi connectivity index (χ2n) is 6.75. The highest BCUT2D eigenvalue weighted by Crippen LogP contribution is 2.15. The Labute approximate surface area is 163 Å². The molecule has 0 N–H and O–H groups in total. The number of carbonyl (C=O) groups excluding carboxylic acids is 1. The Morgan fingerprint density at radius 2 is 1.96 bits per heavy atom. The monoisotopic (exact) mass is 413 g/mol. The van der Waals surface area contributed by atoms with Crippen molar-refractivity contribution in [1.82, 2.24) is 14.4 Å². The van der Waals surface area contributed by atoms with E-state index in [9.17, 15) is 17.6 Å². The molecule has 0 saturated carbocycles. The highest BCUT2D eigenvalue weighted by molar-refractivity contribution is 7.89. The van der Waals surface area contributed by atoms with Gasteiger partial charge in [-0.25, -0.2) is 17.1 Å². The molecule has 2 aromatic rings. The Morgan fingerprint density at radius 3 is 2.61 bits per heavy atom. The van der Waals surface area contributed by atoms with Crippen LogP contribution in [-0.2, 0) is 32.6 Å². The molecule has 154 valence electrons. The van der Waals surface area contributed by atoms with Gasteiger partial charge in [0.25, 0.3) is 5.89 Å². The normalized spacial score (nSPS) is 11.9. The average Bonchev–Trinajstić information content (AvgIpc) is 3.07. The molecule has 0 radical (unpaired) electrons. The van der Waals surface area contributed by atoms with Gasteiger partial charge in [0, 0.05) is 26.4 Å². The van der Waals surface area contributed by atoms with Crippen LogP contribution in [0.4, 0.5) is 4.39 Å². The lowest BCUT2D eigenvalue weighted by molar-refractivity contribution is -0.145. The van der Waals surface area contributed by atoms with Crippen LogP contribution in [0.3, 0.4) is 0 Å². The van der Waals surface area contributed by atoms with Crippen molar-refractivity contribution in [3.63, 3.8) is 0 Å².